The van der Waals surface area contributed by atoms with E-state index >= 15 is 0 Å². The molecule has 0 spiro atoms. The average molecular weight is 196 g/mol. The Morgan fingerprint density at radius 1 is 1.15 bits per heavy atom. The number of hydrogen-bond acceptors (Lipinski definition) is 1. The maximum atomic E-state index is 6.06. The van der Waals surface area contributed by atoms with Crippen LogP contribution in [0, 0.1) is 11.8 Å². The van der Waals surface area contributed by atoms with Gasteiger partial charge in [-0.1, -0.05) is 11.3 Å². The molecular formula is C11H20OSi. The predicted molar refractivity (Wildman–Crippen MR) is 58.3 cm³/mol. The van der Waals surface area contributed by atoms with Crippen LogP contribution < -0.4 is 0 Å². The van der Waals surface area contributed by atoms with Crippen molar-refractivity contribution in [2.45, 2.75) is 45.6 Å². The summed E-state index contributed by atoms with van der Waals surface area (Å²) in [4.78, 5) is 0. The SMILES string of the molecule is CC(C)=C[SiH2]OC1C2CCC1CC2. The molecule has 0 radical (unpaired) electrons. The van der Waals surface area contributed by atoms with Crippen molar-refractivity contribution >= 4 is 9.76 Å². The molecule has 13 heavy (non-hydrogen) atoms. The first kappa shape index (κ1) is 9.47. The van der Waals surface area contributed by atoms with Gasteiger partial charge in [0.15, 0.2) is 9.76 Å². The third-order valence-corrected chi connectivity index (χ3v) is 5.09. The van der Waals surface area contributed by atoms with Crippen molar-refractivity contribution in [1.82, 2.24) is 0 Å². The van der Waals surface area contributed by atoms with Crippen molar-refractivity contribution in [2.24, 2.45) is 11.8 Å². The van der Waals surface area contributed by atoms with Gasteiger partial charge in [0.05, 0.1) is 6.10 Å². The number of rotatable bonds is 3. The van der Waals surface area contributed by atoms with Crippen LogP contribution in [-0.2, 0) is 4.43 Å². The molecule has 0 N–H and O–H groups in total. The first-order valence-electron chi connectivity index (χ1n) is 5.52. The Balaban J connectivity index is 1.79. The summed E-state index contributed by atoms with van der Waals surface area (Å²) >= 11 is 0. The quantitative estimate of drug-likeness (QED) is 0.629. The molecule has 74 valence electrons. The van der Waals surface area contributed by atoms with Gasteiger partial charge in [0.25, 0.3) is 0 Å². The standard InChI is InChI=1S/C11H20OSi/c1-8(2)7-13-12-11-9-3-4-10(11)6-5-9/h7,9-11H,3-6,13H2,1-2H3. The second-order valence-electron chi connectivity index (χ2n) is 4.75. The van der Waals surface area contributed by atoms with Gasteiger partial charge in [0, 0.05) is 0 Å². The minimum Gasteiger partial charge on any atom is -0.416 e. The van der Waals surface area contributed by atoms with Crippen molar-refractivity contribution in [1.29, 1.82) is 0 Å². The van der Waals surface area contributed by atoms with E-state index in [4.69, 9.17) is 4.43 Å². The van der Waals surface area contributed by atoms with Crippen molar-refractivity contribution in [3.8, 4) is 0 Å². The number of hydrogen-bond donors (Lipinski definition) is 0. The maximum absolute atomic E-state index is 6.06. The molecule has 0 saturated heterocycles. The van der Waals surface area contributed by atoms with Gasteiger partial charge in [0.1, 0.15) is 0 Å². The van der Waals surface area contributed by atoms with Crippen LogP contribution in [0.15, 0.2) is 11.3 Å². The summed E-state index contributed by atoms with van der Waals surface area (Å²) in [7, 11) is -0.351. The lowest BCUT2D eigenvalue weighted by Crippen LogP contribution is -2.19. The van der Waals surface area contributed by atoms with Gasteiger partial charge < -0.3 is 4.43 Å². The minimum absolute atomic E-state index is 0.351. The molecule has 1 nitrogen and oxygen atoms in total. The van der Waals surface area contributed by atoms with Crippen molar-refractivity contribution in [2.75, 3.05) is 0 Å². The topological polar surface area (TPSA) is 9.23 Å². The molecule has 2 aliphatic carbocycles. The fourth-order valence-electron chi connectivity index (χ4n) is 2.79. The molecule has 2 aliphatic rings. The summed E-state index contributed by atoms with van der Waals surface area (Å²) in [5.41, 5.74) is 3.76. The smallest absolute Gasteiger partial charge is 0.185 e. The third kappa shape index (κ3) is 2.05. The fraction of sp³-hybridized carbons (Fsp3) is 0.818. The highest BCUT2D eigenvalue weighted by Gasteiger charge is 2.41. The Hall–Kier alpha value is -0.0831. The first-order valence-corrected chi connectivity index (χ1v) is 6.91. The van der Waals surface area contributed by atoms with E-state index in [2.05, 4.69) is 19.5 Å². The second-order valence-corrected chi connectivity index (χ2v) is 5.83. The summed E-state index contributed by atoms with van der Waals surface area (Å²) in [6.07, 6.45) is 6.44. The molecule has 0 aromatic rings. The lowest BCUT2D eigenvalue weighted by Gasteiger charge is -2.15. The molecule has 2 saturated carbocycles. The van der Waals surface area contributed by atoms with Crippen LogP contribution >= 0.6 is 0 Å². The number of allylic oxidation sites excluding steroid dienone is 1. The van der Waals surface area contributed by atoms with Gasteiger partial charge in [-0.25, -0.2) is 0 Å². The summed E-state index contributed by atoms with van der Waals surface area (Å²) in [5.74, 6) is 1.87. The van der Waals surface area contributed by atoms with Crippen LogP contribution in [-0.4, -0.2) is 15.9 Å². The van der Waals surface area contributed by atoms with Crippen LogP contribution in [0.4, 0.5) is 0 Å². The Bertz CT molecular complexity index is 188. The zero-order valence-electron chi connectivity index (χ0n) is 8.75. The van der Waals surface area contributed by atoms with E-state index in [1.54, 1.807) is 0 Å². The van der Waals surface area contributed by atoms with Gasteiger partial charge in [-0.05, 0) is 51.4 Å². The highest BCUT2D eigenvalue weighted by atomic mass is 28.2. The fourth-order valence-corrected chi connectivity index (χ4v) is 3.98. The number of fused-ring (bicyclic) bond motifs is 2. The minimum atomic E-state index is -0.351. The zero-order valence-corrected chi connectivity index (χ0v) is 10.2. The van der Waals surface area contributed by atoms with Crippen LogP contribution in [0.5, 0.6) is 0 Å². The summed E-state index contributed by atoms with van der Waals surface area (Å²) < 4.78 is 6.06. The Kier molecular flexibility index (Phi) is 2.89. The first-order chi connectivity index (χ1) is 6.27. The Morgan fingerprint density at radius 2 is 1.69 bits per heavy atom. The summed E-state index contributed by atoms with van der Waals surface area (Å²) in [5, 5.41) is 0. The maximum Gasteiger partial charge on any atom is 0.185 e. The molecule has 0 atom stereocenters. The molecule has 0 aromatic carbocycles. The third-order valence-electron chi connectivity index (χ3n) is 3.53. The Morgan fingerprint density at radius 3 is 2.15 bits per heavy atom. The Labute approximate surface area is 83.5 Å². The van der Waals surface area contributed by atoms with Crippen molar-refractivity contribution in [3.63, 3.8) is 0 Å². The highest BCUT2D eigenvalue weighted by Crippen LogP contribution is 2.46. The molecule has 2 heteroatoms. The molecule has 0 aromatic heterocycles. The van der Waals surface area contributed by atoms with Crippen LogP contribution in [0.3, 0.4) is 0 Å². The molecule has 0 unspecified atom stereocenters. The molecule has 0 aliphatic heterocycles. The van der Waals surface area contributed by atoms with Gasteiger partial charge in [-0.2, -0.15) is 0 Å². The molecule has 0 heterocycles. The van der Waals surface area contributed by atoms with E-state index in [9.17, 15) is 0 Å². The van der Waals surface area contributed by atoms with Crippen LogP contribution in [0.2, 0.25) is 0 Å². The van der Waals surface area contributed by atoms with E-state index in [0.29, 0.717) is 6.10 Å². The van der Waals surface area contributed by atoms with Gasteiger partial charge >= 0.3 is 0 Å². The van der Waals surface area contributed by atoms with E-state index in [0.717, 1.165) is 11.8 Å². The van der Waals surface area contributed by atoms with Gasteiger partial charge in [0.2, 0.25) is 0 Å². The molecule has 2 fully saturated rings. The van der Waals surface area contributed by atoms with Gasteiger partial charge in [-0.15, -0.1) is 0 Å². The zero-order chi connectivity index (χ0) is 9.26. The lowest BCUT2D eigenvalue weighted by atomic mass is 10.0. The summed E-state index contributed by atoms with van der Waals surface area (Å²) in [6.45, 7) is 4.33. The monoisotopic (exact) mass is 196 g/mol. The van der Waals surface area contributed by atoms with Gasteiger partial charge in [-0.3, -0.25) is 0 Å². The average Bonchev–Trinajstić information content (AvgIpc) is 2.64. The normalized spacial score (nSPS) is 37.5. The van der Waals surface area contributed by atoms with E-state index in [-0.39, 0.29) is 9.76 Å². The molecule has 0 amide bonds. The van der Waals surface area contributed by atoms with E-state index in [1.165, 1.54) is 31.3 Å². The van der Waals surface area contributed by atoms with E-state index < -0.39 is 0 Å². The van der Waals surface area contributed by atoms with Crippen molar-refractivity contribution in [3.05, 3.63) is 11.3 Å². The van der Waals surface area contributed by atoms with Crippen LogP contribution in [0.25, 0.3) is 0 Å². The molecule has 2 rings (SSSR count). The summed E-state index contributed by atoms with van der Waals surface area (Å²) in [6, 6.07) is 0. The lowest BCUT2D eigenvalue weighted by molar-refractivity contribution is 0.165. The molecule has 2 bridgehead atoms. The predicted octanol–water partition coefficient (Wildman–Crippen LogP) is 2.20. The molecular weight excluding hydrogens is 176 g/mol. The largest absolute Gasteiger partial charge is 0.416 e. The second kappa shape index (κ2) is 3.97. The highest BCUT2D eigenvalue weighted by molar-refractivity contribution is 6.34. The van der Waals surface area contributed by atoms with Crippen LogP contribution in [0.1, 0.15) is 39.5 Å². The van der Waals surface area contributed by atoms with E-state index in [1.807, 2.05) is 0 Å². The van der Waals surface area contributed by atoms with Crippen molar-refractivity contribution < 1.29 is 4.43 Å².